The minimum Gasteiger partial charge on any atom is -0.354 e. The van der Waals surface area contributed by atoms with Gasteiger partial charge in [-0.1, -0.05) is 6.42 Å². The summed E-state index contributed by atoms with van der Waals surface area (Å²) in [5, 5.41) is 7.52. The summed E-state index contributed by atoms with van der Waals surface area (Å²) in [5.74, 6) is 2.11. The Morgan fingerprint density at radius 1 is 1.30 bits per heavy atom. The van der Waals surface area contributed by atoms with Crippen LogP contribution in [-0.4, -0.2) is 44.6 Å². The molecule has 1 aliphatic carbocycles. The third kappa shape index (κ3) is 2.75. The minimum atomic E-state index is 0.212. The van der Waals surface area contributed by atoms with Crippen LogP contribution in [0.3, 0.4) is 0 Å². The van der Waals surface area contributed by atoms with Crippen LogP contribution in [-0.2, 0) is 4.79 Å². The quantitative estimate of drug-likeness (QED) is 0.925. The third-order valence-corrected chi connectivity index (χ3v) is 4.93. The monoisotopic (exact) mass is 314 g/mol. The van der Waals surface area contributed by atoms with Crippen LogP contribution in [0.4, 0.5) is 5.82 Å². The summed E-state index contributed by atoms with van der Waals surface area (Å²) >= 11 is 0. The van der Waals surface area contributed by atoms with E-state index in [0.29, 0.717) is 5.78 Å². The second kappa shape index (κ2) is 5.79. The van der Waals surface area contributed by atoms with E-state index in [2.05, 4.69) is 25.3 Å². The van der Waals surface area contributed by atoms with E-state index >= 15 is 0 Å². The summed E-state index contributed by atoms with van der Waals surface area (Å²) in [5.41, 5.74) is 0.932. The number of nitrogens with zero attached hydrogens (tertiary/aromatic N) is 5. The minimum absolute atomic E-state index is 0.212. The van der Waals surface area contributed by atoms with Crippen LogP contribution in [0.2, 0.25) is 0 Å². The van der Waals surface area contributed by atoms with Crippen molar-refractivity contribution in [2.45, 2.75) is 45.1 Å². The average molecular weight is 314 g/mol. The van der Waals surface area contributed by atoms with Gasteiger partial charge in [-0.25, -0.2) is 4.98 Å². The van der Waals surface area contributed by atoms with Crippen LogP contribution in [0.1, 0.15) is 37.8 Å². The maximum absolute atomic E-state index is 12.2. The van der Waals surface area contributed by atoms with Gasteiger partial charge >= 0.3 is 0 Å². The van der Waals surface area contributed by atoms with Gasteiger partial charge in [-0.2, -0.15) is 14.6 Å². The molecule has 0 spiro atoms. The predicted octanol–water partition coefficient (Wildman–Crippen LogP) is 1.32. The van der Waals surface area contributed by atoms with Crippen LogP contribution < -0.4 is 10.2 Å². The lowest BCUT2D eigenvalue weighted by Gasteiger charge is -2.36. The molecule has 4 rings (SSSR count). The zero-order valence-corrected chi connectivity index (χ0v) is 13.4. The van der Waals surface area contributed by atoms with Crippen molar-refractivity contribution in [2.24, 2.45) is 5.92 Å². The first-order valence-electron chi connectivity index (χ1n) is 8.43. The van der Waals surface area contributed by atoms with Crippen LogP contribution in [0.5, 0.6) is 0 Å². The van der Waals surface area contributed by atoms with Gasteiger partial charge in [0.2, 0.25) is 5.91 Å². The molecule has 2 aromatic rings. The normalized spacial score (nSPS) is 22.1. The van der Waals surface area contributed by atoms with E-state index < -0.39 is 0 Å². The fraction of sp³-hybridized carbons (Fsp3) is 0.625. The number of hydrogen-bond donors (Lipinski definition) is 1. The number of piperidine rings is 1. The van der Waals surface area contributed by atoms with E-state index in [0.717, 1.165) is 50.3 Å². The van der Waals surface area contributed by atoms with Crippen molar-refractivity contribution in [1.29, 1.82) is 0 Å². The molecule has 7 heteroatoms. The molecule has 1 N–H and O–H groups in total. The molecule has 3 heterocycles. The molecule has 2 aliphatic rings. The zero-order valence-electron chi connectivity index (χ0n) is 13.4. The number of amides is 1. The average Bonchev–Trinajstić information content (AvgIpc) is 2.92. The summed E-state index contributed by atoms with van der Waals surface area (Å²) in [6.07, 6.45) is 6.92. The van der Waals surface area contributed by atoms with Crippen molar-refractivity contribution >= 4 is 17.5 Å². The number of aryl methyl sites for hydroxylation is 1. The maximum Gasteiger partial charge on any atom is 0.254 e. The fourth-order valence-corrected chi connectivity index (χ4v) is 3.43. The lowest BCUT2D eigenvalue weighted by Crippen LogP contribution is -2.50. The van der Waals surface area contributed by atoms with Crippen LogP contribution >= 0.6 is 0 Å². The zero-order chi connectivity index (χ0) is 15.8. The molecule has 1 atom stereocenters. The van der Waals surface area contributed by atoms with Crippen molar-refractivity contribution in [3.8, 4) is 0 Å². The predicted molar refractivity (Wildman–Crippen MR) is 86.2 cm³/mol. The second-order valence-electron chi connectivity index (χ2n) is 6.65. The number of aromatic nitrogens is 4. The standard InChI is InChI=1S/C16H22N6O/c1-11-8-14(22-16(19-11)17-10-18-22)21-7-3-6-13(9-21)20-15(23)12-4-2-5-12/h8,10,12-13H,2-7,9H2,1H3,(H,20,23). The largest absolute Gasteiger partial charge is 0.354 e. The lowest BCUT2D eigenvalue weighted by atomic mass is 9.84. The Morgan fingerprint density at radius 3 is 2.96 bits per heavy atom. The number of rotatable bonds is 3. The van der Waals surface area contributed by atoms with Gasteiger partial charge in [0.25, 0.3) is 5.78 Å². The number of fused-ring (bicyclic) bond motifs is 1. The van der Waals surface area contributed by atoms with E-state index in [9.17, 15) is 4.79 Å². The van der Waals surface area contributed by atoms with E-state index in [1.807, 2.05) is 13.0 Å². The van der Waals surface area contributed by atoms with Gasteiger partial charge in [-0.05, 0) is 32.6 Å². The molecule has 1 saturated carbocycles. The first kappa shape index (κ1) is 14.4. The van der Waals surface area contributed by atoms with E-state index in [1.54, 1.807) is 4.52 Å². The van der Waals surface area contributed by atoms with Gasteiger partial charge in [0.05, 0.1) is 0 Å². The van der Waals surface area contributed by atoms with Gasteiger partial charge in [0.15, 0.2) is 0 Å². The highest BCUT2D eigenvalue weighted by Gasteiger charge is 2.29. The SMILES string of the molecule is Cc1cc(N2CCCC(NC(=O)C3CCC3)C2)n2ncnc2n1. The molecular weight excluding hydrogens is 292 g/mol. The van der Waals surface area contributed by atoms with Crippen LogP contribution in [0.25, 0.3) is 5.78 Å². The summed E-state index contributed by atoms with van der Waals surface area (Å²) < 4.78 is 1.78. The molecule has 1 saturated heterocycles. The van der Waals surface area contributed by atoms with E-state index in [4.69, 9.17) is 0 Å². The third-order valence-electron chi connectivity index (χ3n) is 4.93. The molecule has 0 bridgehead atoms. The Morgan fingerprint density at radius 2 is 2.17 bits per heavy atom. The van der Waals surface area contributed by atoms with E-state index in [-0.39, 0.29) is 17.9 Å². The van der Waals surface area contributed by atoms with Gasteiger partial charge in [-0.15, -0.1) is 0 Å². The highest BCUT2D eigenvalue weighted by atomic mass is 16.2. The Balaban J connectivity index is 1.52. The molecule has 0 radical (unpaired) electrons. The Kier molecular flexibility index (Phi) is 3.63. The molecule has 7 nitrogen and oxygen atoms in total. The highest BCUT2D eigenvalue weighted by Crippen LogP contribution is 2.27. The molecule has 2 fully saturated rings. The Bertz CT molecular complexity index is 722. The van der Waals surface area contributed by atoms with Gasteiger partial charge in [0, 0.05) is 36.8 Å². The number of hydrogen-bond acceptors (Lipinski definition) is 5. The van der Waals surface area contributed by atoms with E-state index in [1.165, 1.54) is 12.7 Å². The van der Waals surface area contributed by atoms with Crippen molar-refractivity contribution in [3.63, 3.8) is 0 Å². The topological polar surface area (TPSA) is 75.4 Å². The molecule has 1 amide bonds. The molecule has 23 heavy (non-hydrogen) atoms. The molecule has 1 aliphatic heterocycles. The number of carbonyl (C=O) groups excluding carboxylic acids is 1. The first-order chi connectivity index (χ1) is 11.2. The fourth-order valence-electron chi connectivity index (χ4n) is 3.43. The summed E-state index contributed by atoms with van der Waals surface area (Å²) in [6, 6.07) is 2.25. The maximum atomic E-state index is 12.2. The number of nitrogens with one attached hydrogen (secondary N) is 1. The molecule has 122 valence electrons. The Hall–Kier alpha value is -2.18. The molecular formula is C16H22N6O. The van der Waals surface area contributed by atoms with Gasteiger partial charge in [0.1, 0.15) is 12.1 Å². The lowest BCUT2D eigenvalue weighted by molar-refractivity contribution is -0.128. The summed E-state index contributed by atoms with van der Waals surface area (Å²) in [6.45, 7) is 3.75. The van der Waals surface area contributed by atoms with Crippen molar-refractivity contribution in [2.75, 3.05) is 18.0 Å². The smallest absolute Gasteiger partial charge is 0.254 e. The van der Waals surface area contributed by atoms with Gasteiger partial charge < -0.3 is 10.2 Å². The molecule has 0 aromatic carbocycles. The number of carbonyl (C=O) groups is 1. The summed E-state index contributed by atoms with van der Waals surface area (Å²) in [4.78, 5) is 23.1. The van der Waals surface area contributed by atoms with Crippen molar-refractivity contribution in [1.82, 2.24) is 24.9 Å². The second-order valence-corrected chi connectivity index (χ2v) is 6.65. The van der Waals surface area contributed by atoms with Crippen LogP contribution in [0.15, 0.2) is 12.4 Å². The van der Waals surface area contributed by atoms with Crippen molar-refractivity contribution in [3.05, 3.63) is 18.1 Å². The molecule has 2 aromatic heterocycles. The van der Waals surface area contributed by atoms with Gasteiger partial charge in [-0.3, -0.25) is 4.79 Å². The first-order valence-corrected chi connectivity index (χ1v) is 8.43. The summed E-state index contributed by atoms with van der Waals surface area (Å²) in [7, 11) is 0. The van der Waals surface area contributed by atoms with Crippen LogP contribution in [0, 0.1) is 12.8 Å². The Labute approximate surface area is 135 Å². The molecule has 1 unspecified atom stereocenters. The highest BCUT2D eigenvalue weighted by molar-refractivity contribution is 5.79. The number of anilines is 1. The van der Waals surface area contributed by atoms with Crippen molar-refractivity contribution < 1.29 is 4.79 Å².